The lowest BCUT2D eigenvalue weighted by Gasteiger charge is -2.20. The van der Waals surface area contributed by atoms with Crippen molar-refractivity contribution in [2.75, 3.05) is 24.5 Å². The summed E-state index contributed by atoms with van der Waals surface area (Å²) < 4.78 is 27.1. The van der Waals surface area contributed by atoms with E-state index in [0.717, 1.165) is 0 Å². The van der Waals surface area contributed by atoms with E-state index >= 15 is 0 Å². The monoisotopic (exact) mass is 255 g/mol. The molecule has 1 saturated heterocycles. The van der Waals surface area contributed by atoms with Crippen molar-refractivity contribution in [3.05, 3.63) is 29.8 Å². The number of nitrogens with two attached hydrogens (primary N) is 1. The highest BCUT2D eigenvalue weighted by atomic mass is 19.1. The molecule has 1 fully saturated rings. The maximum Gasteiger partial charge on any atom is 0.234 e. The van der Waals surface area contributed by atoms with E-state index in [-0.39, 0.29) is 24.2 Å². The van der Waals surface area contributed by atoms with Crippen LogP contribution in [0.5, 0.6) is 0 Å². The molecule has 2 rings (SSSR count). The lowest BCUT2D eigenvalue weighted by molar-refractivity contribution is -0.120. The van der Waals surface area contributed by atoms with Gasteiger partial charge in [-0.1, -0.05) is 6.07 Å². The predicted molar refractivity (Wildman–Crippen MR) is 64.2 cm³/mol. The number of hydrogen-bond donors (Lipinski definition) is 2. The average Bonchev–Trinajstić information content (AvgIpc) is 2.77. The second kappa shape index (κ2) is 5.30. The van der Waals surface area contributed by atoms with Crippen molar-refractivity contribution in [1.82, 2.24) is 5.32 Å². The Morgan fingerprint density at radius 3 is 2.72 bits per heavy atom. The van der Waals surface area contributed by atoms with Crippen LogP contribution in [0, 0.1) is 11.6 Å². The van der Waals surface area contributed by atoms with Gasteiger partial charge in [0.15, 0.2) is 0 Å². The molecule has 3 N–H and O–H groups in total. The number of benzene rings is 1. The highest BCUT2D eigenvalue weighted by Gasteiger charge is 2.27. The number of rotatable bonds is 3. The number of hydrogen-bond acceptors (Lipinski definition) is 3. The summed E-state index contributed by atoms with van der Waals surface area (Å²) in [4.78, 5) is 12.7. The Hall–Kier alpha value is -1.69. The first kappa shape index (κ1) is 12.8. The van der Waals surface area contributed by atoms with Gasteiger partial charge in [0.05, 0.1) is 6.54 Å². The molecular formula is C12H15F2N3O. The van der Waals surface area contributed by atoms with Gasteiger partial charge in [-0.05, 0) is 18.6 Å². The van der Waals surface area contributed by atoms with E-state index in [1.165, 1.54) is 18.2 Å². The first-order valence-electron chi connectivity index (χ1n) is 5.80. The largest absolute Gasteiger partial charge is 0.365 e. The molecule has 1 amide bonds. The first-order chi connectivity index (χ1) is 8.61. The lowest BCUT2D eigenvalue weighted by Crippen LogP contribution is -2.40. The normalized spacial score (nSPS) is 19.1. The van der Waals surface area contributed by atoms with Gasteiger partial charge < -0.3 is 16.0 Å². The summed E-state index contributed by atoms with van der Waals surface area (Å²) >= 11 is 0. The molecule has 6 heteroatoms. The zero-order valence-corrected chi connectivity index (χ0v) is 9.83. The van der Waals surface area contributed by atoms with Gasteiger partial charge in [-0.25, -0.2) is 8.78 Å². The highest BCUT2D eigenvalue weighted by Crippen LogP contribution is 2.26. The number of para-hydroxylation sites is 1. The second-order valence-corrected chi connectivity index (χ2v) is 4.27. The Balaban J connectivity index is 2.07. The molecule has 1 heterocycles. The topological polar surface area (TPSA) is 58.4 Å². The molecule has 18 heavy (non-hydrogen) atoms. The summed E-state index contributed by atoms with van der Waals surface area (Å²) in [6, 6.07) is 3.67. The van der Waals surface area contributed by atoms with Crippen LogP contribution in [0.4, 0.5) is 14.5 Å². The fourth-order valence-corrected chi connectivity index (χ4v) is 2.16. The van der Waals surface area contributed by atoms with E-state index in [9.17, 15) is 13.6 Å². The van der Waals surface area contributed by atoms with Gasteiger partial charge in [0.2, 0.25) is 5.91 Å². The molecular weight excluding hydrogens is 240 g/mol. The van der Waals surface area contributed by atoms with E-state index in [2.05, 4.69) is 5.32 Å². The van der Waals surface area contributed by atoms with E-state index in [4.69, 9.17) is 5.73 Å². The third kappa shape index (κ3) is 2.59. The van der Waals surface area contributed by atoms with E-state index in [1.54, 1.807) is 4.90 Å². The van der Waals surface area contributed by atoms with Crippen LogP contribution in [0.1, 0.15) is 6.42 Å². The lowest BCUT2D eigenvalue weighted by atomic mass is 10.2. The fraction of sp³-hybridized carbons (Fsp3) is 0.417. The summed E-state index contributed by atoms with van der Waals surface area (Å²) in [5, 5.41) is 2.72. The molecule has 0 radical (unpaired) electrons. The molecule has 1 aromatic carbocycles. The minimum atomic E-state index is -0.583. The minimum Gasteiger partial charge on any atom is -0.365 e. The molecule has 0 bridgehead atoms. The van der Waals surface area contributed by atoms with Crippen molar-refractivity contribution in [2.45, 2.75) is 12.5 Å². The summed E-state index contributed by atoms with van der Waals surface area (Å²) in [7, 11) is 0. The zero-order chi connectivity index (χ0) is 13.1. The molecule has 0 aliphatic carbocycles. The SMILES string of the molecule is NCC(=O)NC1CCN(c2c(F)cccc2F)C1. The smallest absolute Gasteiger partial charge is 0.234 e. The van der Waals surface area contributed by atoms with Gasteiger partial charge in [0.25, 0.3) is 0 Å². The molecule has 1 aliphatic rings. The Morgan fingerprint density at radius 2 is 2.11 bits per heavy atom. The Kier molecular flexibility index (Phi) is 3.76. The number of halogens is 2. The summed E-state index contributed by atoms with van der Waals surface area (Å²) in [5.41, 5.74) is 5.17. The van der Waals surface area contributed by atoms with Crippen molar-refractivity contribution >= 4 is 11.6 Å². The Bertz CT molecular complexity index is 433. The third-order valence-electron chi connectivity index (χ3n) is 2.99. The molecule has 0 saturated carbocycles. The van der Waals surface area contributed by atoms with Crippen LogP contribution >= 0.6 is 0 Å². The quantitative estimate of drug-likeness (QED) is 0.832. The van der Waals surface area contributed by atoms with Gasteiger partial charge in [-0.2, -0.15) is 0 Å². The number of carbonyl (C=O) groups excluding carboxylic acids is 1. The van der Waals surface area contributed by atoms with Crippen LogP contribution in [0.15, 0.2) is 18.2 Å². The molecule has 4 nitrogen and oxygen atoms in total. The van der Waals surface area contributed by atoms with Crippen molar-refractivity contribution in [1.29, 1.82) is 0 Å². The van der Waals surface area contributed by atoms with Crippen LogP contribution in [-0.2, 0) is 4.79 Å². The maximum atomic E-state index is 13.6. The van der Waals surface area contributed by atoms with E-state index in [1.807, 2.05) is 0 Å². The van der Waals surface area contributed by atoms with Crippen LogP contribution in [0.3, 0.4) is 0 Å². The van der Waals surface area contributed by atoms with Crippen molar-refractivity contribution < 1.29 is 13.6 Å². The molecule has 0 aromatic heterocycles. The van der Waals surface area contributed by atoms with Crippen LogP contribution in [0.2, 0.25) is 0 Å². The molecule has 1 aromatic rings. The van der Waals surface area contributed by atoms with Crippen LogP contribution in [0.25, 0.3) is 0 Å². The molecule has 1 aliphatic heterocycles. The van der Waals surface area contributed by atoms with Gasteiger partial charge in [0.1, 0.15) is 17.3 Å². The van der Waals surface area contributed by atoms with Crippen molar-refractivity contribution in [3.63, 3.8) is 0 Å². The number of carbonyl (C=O) groups is 1. The van der Waals surface area contributed by atoms with Gasteiger partial charge in [-0.3, -0.25) is 4.79 Å². The number of anilines is 1. The van der Waals surface area contributed by atoms with Crippen molar-refractivity contribution in [2.24, 2.45) is 5.73 Å². The van der Waals surface area contributed by atoms with E-state index < -0.39 is 11.6 Å². The average molecular weight is 255 g/mol. The number of nitrogens with one attached hydrogen (secondary N) is 1. The summed E-state index contributed by atoms with van der Waals surface area (Å²) in [6.45, 7) is 0.821. The first-order valence-corrected chi connectivity index (χ1v) is 5.80. The maximum absolute atomic E-state index is 13.6. The number of nitrogens with zero attached hydrogens (tertiary/aromatic N) is 1. The minimum absolute atomic E-state index is 0.0259. The van der Waals surface area contributed by atoms with Crippen LogP contribution < -0.4 is 16.0 Å². The van der Waals surface area contributed by atoms with Crippen molar-refractivity contribution in [3.8, 4) is 0 Å². The second-order valence-electron chi connectivity index (χ2n) is 4.27. The summed E-state index contributed by atoms with van der Waals surface area (Å²) in [5.74, 6) is -1.42. The molecule has 98 valence electrons. The zero-order valence-electron chi connectivity index (χ0n) is 9.83. The Morgan fingerprint density at radius 1 is 1.44 bits per heavy atom. The van der Waals surface area contributed by atoms with Crippen LogP contribution in [-0.4, -0.2) is 31.6 Å². The predicted octanol–water partition coefficient (Wildman–Crippen LogP) is 0.618. The van der Waals surface area contributed by atoms with Gasteiger partial charge >= 0.3 is 0 Å². The van der Waals surface area contributed by atoms with Gasteiger partial charge in [0, 0.05) is 19.1 Å². The molecule has 0 spiro atoms. The molecule has 1 unspecified atom stereocenters. The standard InChI is InChI=1S/C12H15F2N3O/c13-9-2-1-3-10(14)12(9)17-5-4-8(7-17)16-11(18)6-15/h1-3,8H,4-7,15H2,(H,16,18). The summed E-state index contributed by atoms with van der Waals surface area (Å²) in [6.07, 6.45) is 0.652. The Labute approximate surface area is 104 Å². The third-order valence-corrected chi connectivity index (χ3v) is 2.99. The number of amides is 1. The molecule has 1 atom stereocenters. The highest BCUT2D eigenvalue weighted by molar-refractivity contribution is 5.78. The fourth-order valence-electron chi connectivity index (χ4n) is 2.16. The van der Waals surface area contributed by atoms with Gasteiger partial charge in [-0.15, -0.1) is 0 Å². The van der Waals surface area contributed by atoms with E-state index in [0.29, 0.717) is 19.5 Å².